The molecule has 4 saturated heterocycles. The molecule has 3 unspecified atom stereocenters. The van der Waals surface area contributed by atoms with Crippen molar-refractivity contribution in [2.45, 2.75) is 68.4 Å². The van der Waals surface area contributed by atoms with Gasteiger partial charge in [-0.3, -0.25) is 4.90 Å². The number of sulfone groups is 1. The van der Waals surface area contributed by atoms with Crippen LogP contribution in [0.5, 0.6) is 6.01 Å². The van der Waals surface area contributed by atoms with Crippen molar-refractivity contribution in [3.8, 4) is 6.01 Å². The van der Waals surface area contributed by atoms with Crippen LogP contribution in [0.2, 0.25) is 0 Å². The van der Waals surface area contributed by atoms with Gasteiger partial charge in [-0.05, 0) is 31.5 Å². The molecule has 0 saturated carbocycles. The highest BCUT2D eigenvalue weighted by Crippen LogP contribution is 2.44. The number of nitrogens with two attached hydrogens (primary N) is 1. The Labute approximate surface area is 251 Å². The Morgan fingerprint density at radius 1 is 1.20 bits per heavy atom. The number of nitrogen functional groups attached to an aromatic ring is 1. The van der Waals surface area contributed by atoms with Gasteiger partial charge in [0.05, 0.1) is 52.7 Å². The Morgan fingerprint density at radius 2 is 2.02 bits per heavy atom. The summed E-state index contributed by atoms with van der Waals surface area (Å²) in [5, 5.41) is 3.25. The van der Waals surface area contributed by atoms with Crippen LogP contribution in [0, 0.1) is 5.82 Å². The number of hydrogen-bond acceptors (Lipinski definition) is 10. The fourth-order valence-electron chi connectivity index (χ4n) is 7.67. The molecule has 240 valence electrons. The molecule has 44 heavy (non-hydrogen) atoms. The lowest BCUT2D eigenvalue weighted by Crippen LogP contribution is -2.58. The van der Waals surface area contributed by atoms with E-state index in [-0.39, 0.29) is 43.2 Å². The topological polar surface area (TPSA) is 123 Å². The van der Waals surface area contributed by atoms with Gasteiger partial charge < -0.3 is 25.4 Å². The van der Waals surface area contributed by atoms with Crippen LogP contribution in [0.25, 0.3) is 0 Å². The minimum Gasteiger partial charge on any atom is -0.461 e. The maximum Gasteiger partial charge on any atom is 0.416 e. The summed E-state index contributed by atoms with van der Waals surface area (Å²) in [6, 6.07) is 0.788. The quantitative estimate of drug-likeness (QED) is 0.371. The molecule has 1 aromatic carbocycles. The van der Waals surface area contributed by atoms with Crippen molar-refractivity contribution in [2.75, 3.05) is 54.9 Å². The van der Waals surface area contributed by atoms with Crippen LogP contribution in [-0.2, 0) is 33.8 Å². The van der Waals surface area contributed by atoms with E-state index in [1.54, 1.807) is 0 Å². The average Bonchev–Trinajstić information content (AvgIpc) is 3.59. The predicted molar refractivity (Wildman–Crippen MR) is 149 cm³/mol. The smallest absolute Gasteiger partial charge is 0.416 e. The molecule has 4 fully saturated rings. The maximum absolute atomic E-state index is 15.2. The molecule has 3 N–H and O–H groups in total. The van der Waals surface area contributed by atoms with Gasteiger partial charge in [0, 0.05) is 49.6 Å². The SMILES string of the molecule is Nc1ccc(C(F)(F)F)c(C2Cc3nc(OC[C@@]45CCCN4C[C@H](F)C5)nc(N4CCNC5CS(=O)(=O)CC54)c3CO2)c1F. The Balaban J connectivity index is 1.27. The third kappa shape index (κ3) is 5.16. The zero-order chi connectivity index (χ0) is 31.0. The first-order valence-electron chi connectivity index (χ1n) is 14.7. The number of nitrogens with one attached hydrogen (secondary N) is 1. The number of halogens is 5. The van der Waals surface area contributed by atoms with Crippen molar-refractivity contribution in [2.24, 2.45) is 0 Å². The summed E-state index contributed by atoms with van der Waals surface area (Å²) in [5.74, 6) is -0.955. The van der Waals surface area contributed by atoms with Gasteiger partial charge in [-0.2, -0.15) is 23.1 Å². The highest BCUT2D eigenvalue weighted by Gasteiger charge is 2.50. The summed E-state index contributed by atoms with van der Waals surface area (Å²) < 4.78 is 109. The van der Waals surface area contributed by atoms with E-state index in [1.807, 2.05) is 4.90 Å². The van der Waals surface area contributed by atoms with Gasteiger partial charge in [0.2, 0.25) is 0 Å². The van der Waals surface area contributed by atoms with Crippen molar-refractivity contribution in [3.63, 3.8) is 0 Å². The molecule has 0 amide bonds. The van der Waals surface area contributed by atoms with Gasteiger partial charge in [-0.1, -0.05) is 0 Å². The van der Waals surface area contributed by atoms with Gasteiger partial charge in [0.15, 0.2) is 15.7 Å². The second kappa shape index (κ2) is 10.6. The zero-order valence-electron chi connectivity index (χ0n) is 23.7. The number of rotatable bonds is 5. The van der Waals surface area contributed by atoms with Crippen LogP contribution in [0.4, 0.5) is 33.5 Å². The molecule has 5 aliphatic heterocycles. The molecule has 1 aromatic heterocycles. The van der Waals surface area contributed by atoms with E-state index in [2.05, 4.69) is 15.2 Å². The second-order valence-corrected chi connectivity index (χ2v) is 14.6. The van der Waals surface area contributed by atoms with Crippen LogP contribution < -0.4 is 20.7 Å². The molecule has 16 heteroatoms. The number of piperazine rings is 1. The number of anilines is 2. The number of benzene rings is 1. The fraction of sp³-hybridized carbons (Fsp3) is 0.643. The zero-order valence-corrected chi connectivity index (χ0v) is 24.6. The second-order valence-electron chi connectivity index (χ2n) is 12.4. The lowest BCUT2D eigenvalue weighted by Gasteiger charge is -2.40. The van der Waals surface area contributed by atoms with Crippen LogP contribution in [-0.4, -0.2) is 91.4 Å². The van der Waals surface area contributed by atoms with Gasteiger partial charge in [0.25, 0.3) is 0 Å². The third-order valence-corrected chi connectivity index (χ3v) is 11.4. The Hall–Kier alpha value is -2.82. The maximum atomic E-state index is 15.2. The molecular weight excluding hydrogens is 611 g/mol. The molecule has 2 aromatic rings. The summed E-state index contributed by atoms with van der Waals surface area (Å²) in [6.07, 6.45) is -5.46. The number of fused-ring (bicyclic) bond motifs is 3. The molecule has 7 rings (SSSR count). The monoisotopic (exact) mass is 644 g/mol. The minimum atomic E-state index is -4.86. The number of ether oxygens (including phenoxy) is 2. The predicted octanol–water partition coefficient (Wildman–Crippen LogP) is 2.56. The van der Waals surface area contributed by atoms with E-state index in [9.17, 15) is 26.0 Å². The molecule has 10 nitrogen and oxygen atoms in total. The van der Waals surface area contributed by atoms with E-state index >= 15 is 4.39 Å². The molecule has 0 bridgehead atoms. The Morgan fingerprint density at radius 3 is 2.82 bits per heavy atom. The van der Waals surface area contributed by atoms with E-state index in [0.29, 0.717) is 43.1 Å². The van der Waals surface area contributed by atoms with Crippen molar-refractivity contribution in [1.82, 2.24) is 20.2 Å². The van der Waals surface area contributed by atoms with Crippen molar-refractivity contribution < 1.29 is 39.8 Å². The van der Waals surface area contributed by atoms with Gasteiger partial charge in [-0.15, -0.1) is 0 Å². The lowest BCUT2D eigenvalue weighted by atomic mass is 9.93. The first-order chi connectivity index (χ1) is 20.8. The lowest BCUT2D eigenvalue weighted by molar-refractivity contribution is -0.140. The Kier molecular flexibility index (Phi) is 7.21. The van der Waals surface area contributed by atoms with E-state index in [0.717, 1.165) is 31.5 Å². The van der Waals surface area contributed by atoms with Crippen LogP contribution >= 0.6 is 0 Å². The standard InChI is InChI=1S/C28H33F5N6O4S/c29-15-9-27(4-1-6-38(27)10-15)14-43-26-36-19-8-22(23-17(28(31,32)33)2-3-18(34)24(23)30)42-11-16(19)25(37-26)39-7-5-35-20-12-44(40,41)13-21(20)39/h2-3,15,20-22,35H,1,4-14,34H2/t15-,20?,21?,22?,27+/m1/s1. The number of aromatic nitrogens is 2. The number of alkyl halides is 4. The van der Waals surface area contributed by atoms with Crippen LogP contribution in [0.15, 0.2) is 12.1 Å². The van der Waals surface area contributed by atoms with Gasteiger partial charge in [0.1, 0.15) is 18.6 Å². The highest BCUT2D eigenvalue weighted by molar-refractivity contribution is 7.91. The third-order valence-electron chi connectivity index (χ3n) is 9.68. The number of hydrogen-bond donors (Lipinski definition) is 2. The summed E-state index contributed by atoms with van der Waals surface area (Å²) in [6.45, 7) is 1.85. The summed E-state index contributed by atoms with van der Waals surface area (Å²) >= 11 is 0. The number of nitrogens with zero attached hydrogens (tertiary/aromatic N) is 4. The molecule has 0 aliphatic carbocycles. The fourth-order valence-corrected chi connectivity index (χ4v) is 9.62. The summed E-state index contributed by atoms with van der Waals surface area (Å²) in [5.41, 5.74) is 3.62. The molecule has 0 spiro atoms. The van der Waals surface area contributed by atoms with Crippen molar-refractivity contribution in [3.05, 3.63) is 40.3 Å². The molecule has 5 atom stereocenters. The van der Waals surface area contributed by atoms with E-state index in [4.69, 9.17) is 20.2 Å². The summed E-state index contributed by atoms with van der Waals surface area (Å²) in [7, 11) is -3.32. The molecule has 5 aliphatic rings. The van der Waals surface area contributed by atoms with Crippen molar-refractivity contribution >= 4 is 21.3 Å². The summed E-state index contributed by atoms with van der Waals surface area (Å²) in [4.78, 5) is 13.2. The van der Waals surface area contributed by atoms with Crippen molar-refractivity contribution in [1.29, 1.82) is 0 Å². The average molecular weight is 645 g/mol. The normalized spacial score (nSPS) is 31.5. The van der Waals surface area contributed by atoms with Gasteiger partial charge in [-0.25, -0.2) is 17.2 Å². The minimum absolute atomic E-state index is 0.0267. The first-order valence-corrected chi connectivity index (χ1v) is 16.5. The molecule has 0 radical (unpaired) electrons. The van der Waals surface area contributed by atoms with Crippen LogP contribution in [0.3, 0.4) is 0 Å². The van der Waals surface area contributed by atoms with E-state index < -0.39 is 62.5 Å². The molecule has 6 heterocycles. The first kappa shape index (κ1) is 29.9. The van der Waals surface area contributed by atoms with Crippen LogP contribution in [0.1, 0.15) is 47.8 Å². The largest absolute Gasteiger partial charge is 0.461 e. The Bertz CT molecular complexity index is 1580. The van der Waals surface area contributed by atoms with E-state index in [1.165, 1.54) is 0 Å². The van der Waals surface area contributed by atoms with Gasteiger partial charge >= 0.3 is 12.2 Å². The molecular formula is C28H33F5N6O4S. The highest BCUT2D eigenvalue weighted by atomic mass is 32.2.